The van der Waals surface area contributed by atoms with Crippen LogP contribution < -0.4 is 16.4 Å². The van der Waals surface area contributed by atoms with E-state index in [2.05, 4.69) is 10.6 Å². The van der Waals surface area contributed by atoms with Crippen molar-refractivity contribution in [3.05, 3.63) is 31.9 Å². The predicted molar refractivity (Wildman–Crippen MR) is 86.7 cm³/mol. The number of carbonyl (C=O) groups excluding carboxylic acids is 1. The summed E-state index contributed by atoms with van der Waals surface area (Å²) in [5, 5.41) is 27.8. The first-order chi connectivity index (χ1) is 10.8. The van der Waals surface area contributed by atoms with E-state index in [0.717, 1.165) is 6.07 Å². The van der Waals surface area contributed by atoms with E-state index in [4.69, 9.17) is 28.9 Å². The molecule has 1 amide bonds. The number of alkyl halides is 2. The standard InChI is InChI=1S/C11H13Cl2N5O5/c12-1-3-15-7-5-6(11(14)19)9(17(20)21)8(16-4-2-13)10(7)18(22)23/h5,15-16H,1-4H2,(H2,14,19). The first-order valence-corrected chi connectivity index (χ1v) is 7.31. The van der Waals surface area contributed by atoms with Gasteiger partial charge in [-0.3, -0.25) is 25.0 Å². The monoisotopic (exact) mass is 365 g/mol. The largest absolute Gasteiger partial charge is 0.378 e. The Morgan fingerprint density at radius 3 is 2.04 bits per heavy atom. The van der Waals surface area contributed by atoms with Crippen molar-refractivity contribution < 1.29 is 14.6 Å². The van der Waals surface area contributed by atoms with E-state index in [1.165, 1.54) is 0 Å². The maximum Gasteiger partial charge on any atom is 0.322 e. The Morgan fingerprint density at radius 2 is 1.61 bits per heavy atom. The Morgan fingerprint density at radius 1 is 1.09 bits per heavy atom. The number of carbonyl (C=O) groups is 1. The van der Waals surface area contributed by atoms with Crippen LogP contribution in [0.1, 0.15) is 10.4 Å². The van der Waals surface area contributed by atoms with Gasteiger partial charge in [-0.25, -0.2) is 0 Å². The average Bonchev–Trinajstić information content (AvgIpc) is 2.48. The lowest BCUT2D eigenvalue weighted by atomic mass is 10.1. The predicted octanol–water partition coefficient (Wildman–Crippen LogP) is 1.90. The van der Waals surface area contributed by atoms with Crippen molar-refractivity contribution in [3.63, 3.8) is 0 Å². The van der Waals surface area contributed by atoms with Crippen LogP contribution in [0.5, 0.6) is 0 Å². The van der Waals surface area contributed by atoms with Crippen LogP contribution in [0.15, 0.2) is 6.07 Å². The van der Waals surface area contributed by atoms with Crippen LogP contribution in [0.3, 0.4) is 0 Å². The summed E-state index contributed by atoms with van der Waals surface area (Å²) in [6.07, 6.45) is 0. The van der Waals surface area contributed by atoms with E-state index >= 15 is 0 Å². The van der Waals surface area contributed by atoms with Gasteiger partial charge in [0, 0.05) is 24.8 Å². The summed E-state index contributed by atoms with van der Waals surface area (Å²) in [5.41, 5.74) is 2.79. The first-order valence-electron chi connectivity index (χ1n) is 6.24. The molecule has 0 aliphatic carbocycles. The summed E-state index contributed by atoms with van der Waals surface area (Å²) in [5.74, 6) is -0.918. The first kappa shape index (κ1) is 18.7. The summed E-state index contributed by atoms with van der Waals surface area (Å²) in [4.78, 5) is 32.4. The quantitative estimate of drug-likeness (QED) is 0.343. The number of nitrogens with zero attached hydrogens (tertiary/aromatic N) is 2. The Hall–Kier alpha value is -2.33. The fraction of sp³-hybridized carbons (Fsp3) is 0.364. The fourth-order valence-corrected chi connectivity index (χ4v) is 2.07. The van der Waals surface area contributed by atoms with Crippen molar-refractivity contribution in [2.75, 3.05) is 35.5 Å². The maximum absolute atomic E-state index is 11.5. The third-order valence-electron chi connectivity index (χ3n) is 2.71. The summed E-state index contributed by atoms with van der Waals surface area (Å²) in [7, 11) is 0. The molecule has 10 nitrogen and oxygen atoms in total. The molecule has 1 rings (SSSR count). The highest BCUT2D eigenvalue weighted by atomic mass is 35.5. The minimum absolute atomic E-state index is 0.0143. The smallest absolute Gasteiger partial charge is 0.322 e. The SMILES string of the molecule is NC(=O)c1cc(NCCCl)c([N+](=O)[O-])c(NCCCl)c1[N+](=O)[O-]. The van der Waals surface area contributed by atoms with Crippen molar-refractivity contribution in [1.82, 2.24) is 0 Å². The lowest BCUT2D eigenvalue weighted by Crippen LogP contribution is -2.18. The van der Waals surface area contributed by atoms with E-state index in [1.807, 2.05) is 0 Å². The summed E-state index contributed by atoms with van der Waals surface area (Å²) < 4.78 is 0. The van der Waals surface area contributed by atoms with Crippen molar-refractivity contribution in [1.29, 1.82) is 0 Å². The molecule has 0 atom stereocenters. The van der Waals surface area contributed by atoms with Gasteiger partial charge in [-0.1, -0.05) is 0 Å². The van der Waals surface area contributed by atoms with Gasteiger partial charge in [0.2, 0.25) is 0 Å². The van der Waals surface area contributed by atoms with Crippen LogP contribution in [0.25, 0.3) is 0 Å². The summed E-state index contributed by atoms with van der Waals surface area (Å²) in [6, 6.07) is 0.969. The third-order valence-corrected chi connectivity index (χ3v) is 3.09. The van der Waals surface area contributed by atoms with Crippen LogP contribution in [0.2, 0.25) is 0 Å². The molecule has 1 aromatic carbocycles. The molecule has 0 aromatic heterocycles. The number of rotatable bonds is 9. The molecular weight excluding hydrogens is 353 g/mol. The Kier molecular flexibility index (Phi) is 6.79. The fourth-order valence-electron chi connectivity index (χ4n) is 1.89. The van der Waals surface area contributed by atoms with Crippen molar-refractivity contribution in [2.24, 2.45) is 5.73 Å². The summed E-state index contributed by atoms with van der Waals surface area (Å²) in [6.45, 7) is 0.160. The molecule has 126 valence electrons. The minimum atomic E-state index is -1.09. The molecule has 0 aliphatic rings. The highest BCUT2D eigenvalue weighted by Gasteiger charge is 2.34. The van der Waals surface area contributed by atoms with Crippen LogP contribution >= 0.6 is 23.2 Å². The van der Waals surface area contributed by atoms with Gasteiger partial charge in [-0.15, -0.1) is 23.2 Å². The average molecular weight is 366 g/mol. The van der Waals surface area contributed by atoms with E-state index in [-0.39, 0.29) is 30.5 Å². The minimum Gasteiger partial charge on any atom is -0.378 e. The number of hydrogen-bond acceptors (Lipinski definition) is 7. The normalized spacial score (nSPS) is 10.2. The molecule has 0 heterocycles. The molecule has 0 radical (unpaired) electrons. The molecule has 0 bridgehead atoms. The number of benzene rings is 1. The number of primary amides is 1. The number of halogens is 2. The Bertz CT molecular complexity index is 640. The molecule has 0 aliphatic heterocycles. The highest BCUT2D eigenvalue weighted by molar-refractivity contribution is 6.18. The molecule has 0 fully saturated rings. The number of amides is 1. The Balaban J connectivity index is 3.72. The van der Waals surface area contributed by atoms with Crippen LogP contribution in [-0.4, -0.2) is 40.6 Å². The van der Waals surface area contributed by atoms with Crippen molar-refractivity contribution in [3.8, 4) is 0 Å². The lowest BCUT2D eigenvalue weighted by Gasteiger charge is -2.13. The number of nitrogens with two attached hydrogens (primary N) is 1. The van der Waals surface area contributed by atoms with Gasteiger partial charge in [-0.05, 0) is 6.07 Å². The van der Waals surface area contributed by atoms with Gasteiger partial charge in [0.25, 0.3) is 5.91 Å². The molecule has 12 heteroatoms. The van der Waals surface area contributed by atoms with Gasteiger partial charge < -0.3 is 16.4 Å². The van der Waals surface area contributed by atoms with Crippen LogP contribution in [0, 0.1) is 20.2 Å². The molecular formula is C11H13Cl2N5O5. The van der Waals surface area contributed by atoms with Gasteiger partial charge in [-0.2, -0.15) is 0 Å². The van der Waals surface area contributed by atoms with Crippen molar-refractivity contribution >= 4 is 51.9 Å². The van der Waals surface area contributed by atoms with E-state index in [9.17, 15) is 25.0 Å². The van der Waals surface area contributed by atoms with Crippen LogP contribution in [0.4, 0.5) is 22.7 Å². The lowest BCUT2D eigenvalue weighted by molar-refractivity contribution is -0.392. The number of hydrogen-bond donors (Lipinski definition) is 3. The second-order valence-electron chi connectivity index (χ2n) is 4.15. The molecule has 0 spiro atoms. The molecule has 23 heavy (non-hydrogen) atoms. The van der Waals surface area contributed by atoms with Gasteiger partial charge >= 0.3 is 11.4 Å². The number of nitro groups is 2. The number of nitrogens with one attached hydrogen (secondary N) is 2. The second-order valence-corrected chi connectivity index (χ2v) is 4.91. The zero-order valence-electron chi connectivity index (χ0n) is 11.7. The van der Waals surface area contributed by atoms with Gasteiger partial charge in [0.1, 0.15) is 11.3 Å². The van der Waals surface area contributed by atoms with Gasteiger partial charge in [0.05, 0.1) is 9.85 Å². The topological polar surface area (TPSA) is 153 Å². The van der Waals surface area contributed by atoms with Crippen molar-refractivity contribution in [2.45, 2.75) is 0 Å². The summed E-state index contributed by atoms with van der Waals surface area (Å²) >= 11 is 11.0. The maximum atomic E-state index is 11.5. The number of nitro benzene ring substituents is 2. The second kappa shape index (κ2) is 8.34. The molecule has 0 saturated heterocycles. The zero-order chi connectivity index (χ0) is 17.6. The van der Waals surface area contributed by atoms with E-state index in [0.29, 0.717) is 0 Å². The number of anilines is 2. The van der Waals surface area contributed by atoms with Gasteiger partial charge in [0.15, 0.2) is 5.69 Å². The third kappa shape index (κ3) is 4.33. The van der Waals surface area contributed by atoms with E-state index < -0.39 is 38.4 Å². The Labute approximate surface area is 140 Å². The molecule has 1 aromatic rings. The molecule has 0 saturated carbocycles. The zero-order valence-corrected chi connectivity index (χ0v) is 13.2. The molecule has 0 unspecified atom stereocenters. The highest BCUT2D eigenvalue weighted by Crippen LogP contribution is 2.42. The van der Waals surface area contributed by atoms with E-state index in [1.54, 1.807) is 0 Å². The molecule has 4 N–H and O–H groups in total. The van der Waals surface area contributed by atoms with Crippen LogP contribution in [-0.2, 0) is 0 Å².